The number of ether oxygens (including phenoxy) is 1. The van der Waals surface area contributed by atoms with Crippen molar-refractivity contribution in [3.05, 3.63) is 18.2 Å². The van der Waals surface area contributed by atoms with Gasteiger partial charge in [-0.3, -0.25) is 0 Å². The minimum atomic E-state index is 0.363. The van der Waals surface area contributed by atoms with E-state index in [1.54, 1.807) is 0 Å². The quantitative estimate of drug-likeness (QED) is 0.847. The molecule has 2 aliphatic rings. The molecule has 1 heterocycles. The lowest BCUT2D eigenvalue weighted by molar-refractivity contribution is 0.0152. The first-order valence-electron chi connectivity index (χ1n) is 6.71. The number of hydrogen-bond acceptors (Lipinski definition) is 3. The lowest BCUT2D eigenvalue weighted by Crippen LogP contribution is -2.25. The van der Waals surface area contributed by atoms with Crippen LogP contribution in [0.1, 0.15) is 43.8 Å². The van der Waals surface area contributed by atoms with Crippen LogP contribution in [-0.4, -0.2) is 22.2 Å². The summed E-state index contributed by atoms with van der Waals surface area (Å²) in [4.78, 5) is 4.23. The minimum Gasteiger partial charge on any atom is -0.372 e. The minimum absolute atomic E-state index is 0.363. The van der Waals surface area contributed by atoms with Crippen LogP contribution in [0.4, 0.5) is 0 Å². The first kappa shape index (κ1) is 11.2. The van der Waals surface area contributed by atoms with Crippen molar-refractivity contribution in [2.24, 2.45) is 11.7 Å². The molecule has 1 aromatic rings. The number of hydrogen-bond donors (Lipinski definition) is 1. The highest BCUT2D eigenvalue weighted by Crippen LogP contribution is 2.36. The summed E-state index contributed by atoms with van der Waals surface area (Å²) in [5.74, 6) is 0.562. The van der Waals surface area contributed by atoms with E-state index in [-0.39, 0.29) is 0 Å². The fourth-order valence-electron chi connectivity index (χ4n) is 2.81. The van der Waals surface area contributed by atoms with Crippen LogP contribution in [0.5, 0.6) is 0 Å². The Morgan fingerprint density at radius 2 is 2.24 bits per heavy atom. The van der Waals surface area contributed by atoms with E-state index >= 15 is 0 Å². The van der Waals surface area contributed by atoms with E-state index in [0.29, 0.717) is 24.7 Å². The van der Waals surface area contributed by atoms with Gasteiger partial charge < -0.3 is 15.0 Å². The largest absolute Gasteiger partial charge is 0.372 e. The predicted octanol–water partition coefficient (Wildman–Crippen LogP) is 1.86. The van der Waals surface area contributed by atoms with Gasteiger partial charge in [-0.2, -0.15) is 0 Å². The van der Waals surface area contributed by atoms with Crippen molar-refractivity contribution < 1.29 is 4.74 Å². The second-order valence-electron chi connectivity index (χ2n) is 5.30. The zero-order valence-electron chi connectivity index (χ0n) is 10.2. The van der Waals surface area contributed by atoms with Gasteiger partial charge in [-0.1, -0.05) is 6.42 Å². The van der Waals surface area contributed by atoms with Crippen molar-refractivity contribution in [3.63, 3.8) is 0 Å². The molecule has 17 heavy (non-hydrogen) atoms. The predicted molar refractivity (Wildman–Crippen MR) is 65.5 cm³/mol. The molecule has 2 N–H and O–H groups in total. The molecule has 4 heteroatoms. The average Bonchev–Trinajstić information content (AvgIpc) is 2.93. The molecule has 94 valence electrons. The van der Waals surface area contributed by atoms with Gasteiger partial charge in [0.2, 0.25) is 0 Å². The normalized spacial score (nSPS) is 28.8. The van der Waals surface area contributed by atoms with Gasteiger partial charge in [0.05, 0.1) is 30.9 Å². The molecule has 0 aromatic carbocycles. The molecule has 0 spiro atoms. The Labute approximate surface area is 102 Å². The molecule has 2 unspecified atom stereocenters. The molecule has 0 radical (unpaired) electrons. The van der Waals surface area contributed by atoms with E-state index in [1.165, 1.54) is 37.8 Å². The summed E-state index contributed by atoms with van der Waals surface area (Å²) in [5, 5.41) is 0. The SMILES string of the molecule is NCC1CCCC1OCc1cncn1C1CC1. The van der Waals surface area contributed by atoms with Crippen LogP contribution >= 0.6 is 0 Å². The Morgan fingerprint density at radius 3 is 3.00 bits per heavy atom. The molecule has 4 nitrogen and oxygen atoms in total. The number of rotatable bonds is 5. The molecular weight excluding hydrogens is 214 g/mol. The maximum atomic E-state index is 6.03. The molecule has 0 aliphatic heterocycles. The van der Waals surface area contributed by atoms with Crippen molar-refractivity contribution >= 4 is 0 Å². The Hall–Kier alpha value is -0.870. The van der Waals surface area contributed by atoms with E-state index < -0.39 is 0 Å². The monoisotopic (exact) mass is 235 g/mol. The highest BCUT2D eigenvalue weighted by Gasteiger charge is 2.28. The maximum absolute atomic E-state index is 6.03. The summed E-state index contributed by atoms with van der Waals surface area (Å²) in [7, 11) is 0. The third-order valence-electron chi connectivity index (χ3n) is 4.02. The van der Waals surface area contributed by atoms with E-state index in [0.717, 1.165) is 6.54 Å². The Bertz CT molecular complexity index is 372. The maximum Gasteiger partial charge on any atom is 0.0951 e. The van der Waals surface area contributed by atoms with Crippen molar-refractivity contribution in [3.8, 4) is 0 Å². The van der Waals surface area contributed by atoms with Crippen LogP contribution in [0.15, 0.2) is 12.5 Å². The third-order valence-corrected chi connectivity index (χ3v) is 4.02. The smallest absolute Gasteiger partial charge is 0.0951 e. The molecule has 2 atom stereocenters. The van der Waals surface area contributed by atoms with Crippen LogP contribution in [0.2, 0.25) is 0 Å². The van der Waals surface area contributed by atoms with E-state index in [1.807, 2.05) is 12.5 Å². The topological polar surface area (TPSA) is 53.1 Å². The van der Waals surface area contributed by atoms with Gasteiger partial charge in [-0.05, 0) is 38.1 Å². The summed E-state index contributed by atoms with van der Waals surface area (Å²) in [6, 6.07) is 0.685. The van der Waals surface area contributed by atoms with Gasteiger partial charge in [0.1, 0.15) is 0 Å². The standard InChI is InChI=1S/C13H21N3O/c14-6-10-2-1-3-13(10)17-8-12-7-15-9-16(12)11-4-5-11/h7,9-11,13H,1-6,8,14H2. The summed E-state index contributed by atoms with van der Waals surface area (Å²) in [6.07, 6.45) is 10.5. The van der Waals surface area contributed by atoms with Crippen molar-refractivity contribution in [1.82, 2.24) is 9.55 Å². The first-order valence-corrected chi connectivity index (χ1v) is 6.71. The van der Waals surface area contributed by atoms with Crippen LogP contribution < -0.4 is 5.73 Å². The first-order chi connectivity index (χ1) is 8.38. The van der Waals surface area contributed by atoms with Crippen LogP contribution in [-0.2, 0) is 11.3 Å². The molecule has 2 saturated carbocycles. The molecule has 0 bridgehead atoms. The number of aromatic nitrogens is 2. The lowest BCUT2D eigenvalue weighted by atomic mass is 10.1. The lowest BCUT2D eigenvalue weighted by Gasteiger charge is -2.19. The number of nitrogens with two attached hydrogens (primary N) is 1. The van der Waals surface area contributed by atoms with Crippen molar-refractivity contribution in [1.29, 1.82) is 0 Å². The zero-order chi connectivity index (χ0) is 11.7. The Balaban J connectivity index is 1.57. The van der Waals surface area contributed by atoms with Gasteiger partial charge in [0.15, 0.2) is 0 Å². The number of imidazole rings is 1. The number of nitrogens with zero attached hydrogens (tertiary/aromatic N) is 2. The van der Waals surface area contributed by atoms with Gasteiger partial charge in [0.25, 0.3) is 0 Å². The summed E-state index contributed by atoms with van der Waals surface area (Å²) < 4.78 is 8.30. The molecule has 2 fully saturated rings. The highest BCUT2D eigenvalue weighted by atomic mass is 16.5. The van der Waals surface area contributed by atoms with Gasteiger partial charge in [-0.25, -0.2) is 4.98 Å². The Kier molecular flexibility index (Phi) is 3.16. The second-order valence-corrected chi connectivity index (χ2v) is 5.30. The molecule has 2 aliphatic carbocycles. The van der Waals surface area contributed by atoms with Gasteiger partial charge in [0, 0.05) is 6.04 Å². The molecule has 3 rings (SSSR count). The molecular formula is C13H21N3O. The van der Waals surface area contributed by atoms with Gasteiger partial charge in [-0.15, -0.1) is 0 Å². The zero-order valence-corrected chi connectivity index (χ0v) is 10.2. The fourth-order valence-corrected chi connectivity index (χ4v) is 2.81. The molecule has 0 saturated heterocycles. The van der Waals surface area contributed by atoms with Crippen LogP contribution in [0.3, 0.4) is 0 Å². The third kappa shape index (κ3) is 2.38. The van der Waals surface area contributed by atoms with Crippen molar-refractivity contribution in [2.75, 3.05) is 6.54 Å². The van der Waals surface area contributed by atoms with Gasteiger partial charge >= 0.3 is 0 Å². The van der Waals surface area contributed by atoms with Crippen LogP contribution in [0.25, 0.3) is 0 Å². The summed E-state index contributed by atoms with van der Waals surface area (Å²) >= 11 is 0. The van der Waals surface area contributed by atoms with Crippen LogP contribution in [0, 0.1) is 5.92 Å². The molecule has 1 aromatic heterocycles. The fraction of sp³-hybridized carbons (Fsp3) is 0.769. The summed E-state index contributed by atoms with van der Waals surface area (Å²) in [6.45, 7) is 1.45. The van der Waals surface area contributed by atoms with E-state index in [4.69, 9.17) is 10.5 Å². The van der Waals surface area contributed by atoms with Crippen molar-refractivity contribution in [2.45, 2.75) is 50.9 Å². The molecule has 0 amide bonds. The average molecular weight is 235 g/mol. The highest BCUT2D eigenvalue weighted by molar-refractivity contribution is 5.02. The Morgan fingerprint density at radius 1 is 1.35 bits per heavy atom. The van der Waals surface area contributed by atoms with E-state index in [9.17, 15) is 0 Å². The van der Waals surface area contributed by atoms with E-state index in [2.05, 4.69) is 9.55 Å². The summed E-state index contributed by atoms with van der Waals surface area (Å²) in [5.41, 5.74) is 6.98. The second kappa shape index (κ2) is 4.78.